The molecule has 0 aliphatic rings. The van der Waals surface area contributed by atoms with Gasteiger partial charge in [-0.1, -0.05) is 42.5 Å². The fourth-order valence-corrected chi connectivity index (χ4v) is 1.92. The highest BCUT2D eigenvalue weighted by atomic mass is 16.5. The van der Waals surface area contributed by atoms with Crippen LogP contribution in [0.4, 0.5) is 0 Å². The van der Waals surface area contributed by atoms with Crippen molar-refractivity contribution in [3.8, 4) is 5.75 Å². The third kappa shape index (κ3) is 2.51. The van der Waals surface area contributed by atoms with Crippen molar-refractivity contribution < 1.29 is 14.6 Å². The third-order valence-corrected chi connectivity index (χ3v) is 2.83. The minimum Gasteiger partial charge on any atom is -0.497 e. The van der Waals surface area contributed by atoms with Gasteiger partial charge in [0.15, 0.2) is 0 Å². The van der Waals surface area contributed by atoms with E-state index in [1.165, 1.54) is 0 Å². The van der Waals surface area contributed by atoms with Crippen molar-refractivity contribution in [3.05, 3.63) is 65.7 Å². The van der Waals surface area contributed by atoms with Gasteiger partial charge < -0.3 is 9.84 Å². The van der Waals surface area contributed by atoms with Gasteiger partial charge in [-0.3, -0.25) is 4.79 Å². The number of ether oxygens (including phenoxy) is 1. The summed E-state index contributed by atoms with van der Waals surface area (Å²) >= 11 is 0. The zero-order valence-electron chi connectivity index (χ0n) is 10.0. The van der Waals surface area contributed by atoms with Gasteiger partial charge >= 0.3 is 5.97 Å². The van der Waals surface area contributed by atoms with Crippen LogP contribution in [0.3, 0.4) is 0 Å². The summed E-state index contributed by atoms with van der Waals surface area (Å²) in [6, 6.07) is 16.3. The Bertz CT molecular complexity index is 517. The molecule has 0 bridgehead atoms. The average molecular weight is 242 g/mol. The zero-order chi connectivity index (χ0) is 13.0. The van der Waals surface area contributed by atoms with Crippen LogP contribution in [0.2, 0.25) is 0 Å². The molecule has 0 heterocycles. The monoisotopic (exact) mass is 242 g/mol. The Kier molecular flexibility index (Phi) is 3.63. The molecule has 2 aromatic carbocycles. The Morgan fingerprint density at radius 3 is 2.06 bits per heavy atom. The molecular formula is C15H14O3. The largest absolute Gasteiger partial charge is 0.497 e. The third-order valence-electron chi connectivity index (χ3n) is 2.83. The van der Waals surface area contributed by atoms with E-state index >= 15 is 0 Å². The number of benzene rings is 2. The van der Waals surface area contributed by atoms with Crippen molar-refractivity contribution in [1.29, 1.82) is 0 Å². The van der Waals surface area contributed by atoms with Gasteiger partial charge in [-0.05, 0) is 23.3 Å². The lowest BCUT2D eigenvalue weighted by Gasteiger charge is -2.13. The number of carboxylic acids is 1. The van der Waals surface area contributed by atoms with Crippen LogP contribution in [0.5, 0.6) is 5.75 Å². The summed E-state index contributed by atoms with van der Waals surface area (Å²) in [4.78, 5) is 11.4. The first kappa shape index (κ1) is 12.2. The second kappa shape index (κ2) is 5.36. The summed E-state index contributed by atoms with van der Waals surface area (Å²) in [5.74, 6) is -0.778. The Balaban J connectivity index is 2.39. The van der Waals surface area contributed by atoms with E-state index in [-0.39, 0.29) is 0 Å². The van der Waals surface area contributed by atoms with Crippen molar-refractivity contribution in [1.82, 2.24) is 0 Å². The molecule has 18 heavy (non-hydrogen) atoms. The summed E-state index contributed by atoms with van der Waals surface area (Å²) in [5, 5.41) is 9.38. The maximum Gasteiger partial charge on any atom is 0.315 e. The molecule has 0 radical (unpaired) electrons. The molecule has 3 nitrogen and oxygen atoms in total. The Labute approximate surface area is 106 Å². The second-order valence-corrected chi connectivity index (χ2v) is 3.96. The molecule has 0 amide bonds. The van der Waals surface area contributed by atoms with Crippen LogP contribution in [0.15, 0.2) is 54.6 Å². The summed E-state index contributed by atoms with van der Waals surface area (Å²) in [7, 11) is 1.58. The molecule has 0 fully saturated rings. The number of hydrogen-bond donors (Lipinski definition) is 1. The smallest absolute Gasteiger partial charge is 0.315 e. The van der Waals surface area contributed by atoms with E-state index in [2.05, 4.69) is 0 Å². The van der Waals surface area contributed by atoms with Crippen molar-refractivity contribution in [2.24, 2.45) is 0 Å². The maximum atomic E-state index is 11.4. The highest BCUT2D eigenvalue weighted by Gasteiger charge is 2.21. The van der Waals surface area contributed by atoms with Crippen LogP contribution in [0, 0.1) is 0 Å². The number of hydrogen-bond acceptors (Lipinski definition) is 2. The molecule has 0 aromatic heterocycles. The molecule has 0 aliphatic carbocycles. The van der Waals surface area contributed by atoms with E-state index in [0.29, 0.717) is 0 Å². The van der Waals surface area contributed by atoms with Gasteiger partial charge in [0.2, 0.25) is 0 Å². The lowest BCUT2D eigenvalue weighted by Crippen LogP contribution is -2.12. The molecule has 0 saturated carbocycles. The van der Waals surface area contributed by atoms with Crippen molar-refractivity contribution in [2.45, 2.75) is 5.92 Å². The molecule has 0 unspecified atom stereocenters. The van der Waals surface area contributed by atoms with Crippen LogP contribution >= 0.6 is 0 Å². The highest BCUT2D eigenvalue weighted by molar-refractivity contribution is 5.80. The second-order valence-electron chi connectivity index (χ2n) is 3.96. The summed E-state index contributed by atoms with van der Waals surface area (Å²) in [6.07, 6.45) is 0. The SMILES string of the molecule is COc1ccc([C@@H](C(=O)O)c2ccccc2)cc1. The lowest BCUT2D eigenvalue weighted by molar-refractivity contribution is -0.137. The number of aliphatic carboxylic acids is 1. The number of methoxy groups -OCH3 is 1. The molecule has 0 spiro atoms. The Morgan fingerprint density at radius 2 is 1.56 bits per heavy atom. The predicted octanol–water partition coefficient (Wildman–Crippen LogP) is 2.91. The molecule has 1 atom stereocenters. The van der Waals surface area contributed by atoms with Gasteiger partial charge in [0, 0.05) is 0 Å². The predicted molar refractivity (Wildman–Crippen MR) is 68.9 cm³/mol. The fraction of sp³-hybridized carbons (Fsp3) is 0.133. The molecule has 92 valence electrons. The minimum atomic E-state index is -0.855. The lowest BCUT2D eigenvalue weighted by atomic mass is 9.91. The van der Waals surface area contributed by atoms with Gasteiger partial charge in [0.05, 0.1) is 7.11 Å². The van der Waals surface area contributed by atoms with Crippen molar-refractivity contribution >= 4 is 5.97 Å². The zero-order valence-corrected chi connectivity index (χ0v) is 10.0. The molecular weight excluding hydrogens is 228 g/mol. The van der Waals surface area contributed by atoms with Gasteiger partial charge in [0.1, 0.15) is 11.7 Å². The molecule has 0 aliphatic heterocycles. The average Bonchev–Trinajstić information content (AvgIpc) is 2.40. The Hall–Kier alpha value is -2.29. The first-order chi connectivity index (χ1) is 8.72. The minimum absolute atomic E-state index is 0.642. The van der Waals surface area contributed by atoms with Crippen LogP contribution in [0.1, 0.15) is 17.0 Å². The van der Waals surface area contributed by atoms with Gasteiger partial charge in [-0.2, -0.15) is 0 Å². The molecule has 2 rings (SSSR count). The fourth-order valence-electron chi connectivity index (χ4n) is 1.92. The highest BCUT2D eigenvalue weighted by Crippen LogP contribution is 2.26. The maximum absolute atomic E-state index is 11.4. The quantitative estimate of drug-likeness (QED) is 0.896. The number of rotatable bonds is 4. The standard InChI is InChI=1S/C15H14O3/c1-18-13-9-7-12(8-10-13)14(15(16)17)11-5-3-2-4-6-11/h2-10,14H,1H3,(H,16,17)/t14-/m0/s1. The Morgan fingerprint density at radius 1 is 1.00 bits per heavy atom. The van der Waals surface area contributed by atoms with E-state index in [4.69, 9.17) is 4.74 Å². The van der Waals surface area contributed by atoms with Crippen LogP contribution in [-0.2, 0) is 4.79 Å². The van der Waals surface area contributed by atoms with Gasteiger partial charge in [0.25, 0.3) is 0 Å². The molecule has 1 N–H and O–H groups in total. The first-order valence-electron chi connectivity index (χ1n) is 5.64. The van der Waals surface area contributed by atoms with Crippen LogP contribution in [0.25, 0.3) is 0 Å². The van der Waals surface area contributed by atoms with Gasteiger partial charge in [-0.15, -0.1) is 0 Å². The van der Waals surface area contributed by atoms with E-state index in [9.17, 15) is 9.90 Å². The summed E-state index contributed by atoms with van der Waals surface area (Å²) in [6.45, 7) is 0. The number of carboxylic acid groups (broad SMARTS) is 1. The first-order valence-corrected chi connectivity index (χ1v) is 5.64. The summed E-state index contributed by atoms with van der Waals surface area (Å²) in [5.41, 5.74) is 1.52. The number of carbonyl (C=O) groups is 1. The molecule has 0 saturated heterocycles. The van der Waals surface area contributed by atoms with E-state index < -0.39 is 11.9 Å². The van der Waals surface area contributed by atoms with Gasteiger partial charge in [-0.25, -0.2) is 0 Å². The van der Waals surface area contributed by atoms with Crippen molar-refractivity contribution in [2.75, 3.05) is 7.11 Å². The van der Waals surface area contributed by atoms with E-state index in [0.717, 1.165) is 16.9 Å². The summed E-state index contributed by atoms with van der Waals surface area (Å²) < 4.78 is 5.07. The van der Waals surface area contributed by atoms with E-state index in [1.807, 2.05) is 30.3 Å². The van der Waals surface area contributed by atoms with E-state index in [1.54, 1.807) is 31.4 Å². The van der Waals surface area contributed by atoms with Crippen LogP contribution < -0.4 is 4.74 Å². The normalized spacial score (nSPS) is 11.8. The molecule has 3 heteroatoms. The van der Waals surface area contributed by atoms with Crippen LogP contribution in [-0.4, -0.2) is 18.2 Å². The molecule has 2 aromatic rings. The van der Waals surface area contributed by atoms with Crippen molar-refractivity contribution in [3.63, 3.8) is 0 Å². The topological polar surface area (TPSA) is 46.5 Å².